The molecule has 12 aromatic rings. The molecule has 9 aromatic carbocycles. The number of hydrogen-bond donors (Lipinski definition) is 0. The zero-order chi connectivity index (χ0) is 36.7. The summed E-state index contributed by atoms with van der Waals surface area (Å²) in [6.07, 6.45) is 0. The maximum absolute atomic E-state index is 6.52. The molecule has 3 aromatic heterocycles. The fourth-order valence-corrected chi connectivity index (χ4v) is 9.80. The second-order valence-electron chi connectivity index (χ2n) is 14.3. The number of fused-ring (bicyclic) bond motifs is 11. The van der Waals surface area contributed by atoms with Gasteiger partial charge >= 0.3 is 0 Å². The molecule has 0 aliphatic carbocycles. The van der Waals surface area contributed by atoms with Crippen LogP contribution in [0.5, 0.6) is 0 Å². The first-order valence-corrected chi connectivity index (χ1v) is 19.6. The number of hydrogen-bond acceptors (Lipinski definition) is 5. The topological polar surface area (TPSA) is 51.8 Å². The number of thiophene rings is 1. The zero-order valence-electron chi connectivity index (χ0n) is 29.9. The molecule has 0 saturated heterocycles. The third kappa shape index (κ3) is 4.75. The van der Waals surface area contributed by atoms with E-state index < -0.39 is 0 Å². The monoisotopic (exact) mass is 731 g/mol. The molecule has 0 fully saturated rings. The molecule has 0 unspecified atom stereocenters. The SMILES string of the molecule is c1ccc(-c2nc(-c3cc4ccccc4c4ccccc34)nc(-c3c(-c4ccc5c(c4)sc4c6ccccc6ccc54)ccc4oc5ccccc5c34)n2)cc1. The van der Waals surface area contributed by atoms with Crippen molar-refractivity contribution in [2.24, 2.45) is 0 Å². The molecule has 0 atom stereocenters. The molecule has 56 heavy (non-hydrogen) atoms. The quantitative estimate of drug-likeness (QED) is 0.169. The highest BCUT2D eigenvalue weighted by Crippen LogP contribution is 2.45. The lowest BCUT2D eigenvalue weighted by molar-refractivity contribution is 0.669. The normalized spacial score (nSPS) is 11.9. The number of benzene rings is 9. The summed E-state index contributed by atoms with van der Waals surface area (Å²) in [6, 6.07) is 62.0. The van der Waals surface area contributed by atoms with Gasteiger partial charge in [0.1, 0.15) is 11.2 Å². The molecule has 0 amide bonds. The van der Waals surface area contributed by atoms with Gasteiger partial charge in [-0.25, -0.2) is 15.0 Å². The van der Waals surface area contributed by atoms with Gasteiger partial charge in [-0.15, -0.1) is 11.3 Å². The van der Waals surface area contributed by atoms with E-state index in [1.807, 2.05) is 41.7 Å². The Balaban J connectivity index is 1.17. The fraction of sp³-hybridized carbons (Fsp3) is 0. The van der Waals surface area contributed by atoms with Crippen molar-refractivity contribution >= 4 is 85.8 Å². The lowest BCUT2D eigenvalue weighted by atomic mass is 9.93. The molecular formula is C51H29N3OS. The van der Waals surface area contributed by atoms with Crippen LogP contribution in [0.4, 0.5) is 0 Å². The van der Waals surface area contributed by atoms with Gasteiger partial charge in [0, 0.05) is 47.6 Å². The van der Waals surface area contributed by atoms with Crippen LogP contribution in [0.1, 0.15) is 0 Å². The van der Waals surface area contributed by atoms with Gasteiger partial charge in [0.25, 0.3) is 0 Å². The predicted octanol–water partition coefficient (Wildman–Crippen LogP) is 14.3. The molecule has 12 rings (SSSR count). The maximum atomic E-state index is 6.52. The number of nitrogens with zero attached hydrogens (tertiary/aromatic N) is 3. The molecule has 0 N–H and O–H groups in total. The number of furan rings is 1. The summed E-state index contributed by atoms with van der Waals surface area (Å²) in [5, 5.41) is 11.7. The van der Waals surface area contributed by atoms with Crippen molar-refractivity contribution < 1.29 is 4.42 Å². The Morgan fingerprint density at radius 3 is 1.93 bits per heavy atom. The summed E-state index contributed by atoms with van der Waals surface area (Å²) in [5.41, 5.74) is 6.55. The van der Waals surface area contributed by atoms with Crippen molar-refractivity contribution in [3.05, 3.63) is 176 Å². The Morgan fingerprint density at radius 2 is 1.05 bits per heavy atom. The van der Waals surface area contributed by atoms with E-state index in [0.717, 1.165) is 65.9 Å². The third-order valence-electron chi connectivity index (χ3n) is 11.1. The van der Waals surface area contributed by atoms with Crippen molar-refractivity contribution in [1.82, 2.24) is 15.0 Å². The minimum absolute atomic E-state index is 0.598. The zero-order valence-corrected chi connectivity index (χ0v) is 30.7. The third-order valence-corrected chi connectivity index (χ3v) is 12.3. The maximum Gasteiger partial charge on any atom is 0.165 e. The minimum Gasteiger partial charge on any atom is -0.456 e. The molecule has 3 heterocycles. The predicted molar refractivity (Wildman–Crippen MR) is 234 cm³/mol. The fourth-order valence-electron chi connectivity index (χ4n) is 8.53. The molecule has 0 radical (unpaired) electrons. The van der Waals surface area contributed by atoms with Crippen LogP contribution in [0.3, 0.4) is 0 Å². The minimum atomic E-state index is 0.598. The molecule has 0 saturated carbocycles. The Kier molecular flexibility index (Phi) is 6.76. The molecule has 0 bridgehead atoms. The highest BCUT2D eigenvalue weighted by Gasteiger charge is 2.23. The van der Waals surface area contributed by atoms with Crippen LogP contribution >= 0.6 is 11.3 Å². The molecular weight excluding hydrogens is 703 g/mol. The van der Waals surface area contributed by atoms with Crippen molar-refractivity contribution in [3.63, 3.8) is 0 Å². The van der Waals surface area contributed by atoms with Gasteiger partial charge in [0.05, 0.1) is 0 Å². The van der Waals surface area contributed by atoms with E-state index in [0.29, 0.717) is 17.5 Å². The van der Waals surface area contributed by atoms with E-state index >= 15 is 0 Å². The standard InChI is InChI=1S/C51H29N3OS/c1-2-13-31(14-3-1)49-52-50(42-28-32-15-5-6-16-34(32)37-18-8-9-19-38(37)42)54-51(53-49)47-35(26-27-44-46(47)41-20-10-11-21-43(41)55-44)33-23-24-39-40-25-22-30-12-4-7-17-36(30)48(40)56-45(39)29-33/h1-29H. The summed E-state index contributed by atoms with van der Waals surface area (Å²) in [4.78, 5) is 16.0. The van der Waals surface area contributed by atoms with Crippen LogP contribution in [0, 0.1) is 0 Å². The Hall–Kier alpha value is -7.21. The first-order chi connectivity index (χ1) is 27.7. The van der Waals surface area contributed by atoms with Crippen LogP contribution in [0.15, 0.2) is 180 Å². The van der Waals surface area contributed by atoms with Gasteiger partial charge in [-0.05, 0) is 73.8 Å². The van der Waals surface area contributed by atoms with Crippen LogP contribution < -0.4 is 0 Å². The first-order valence-electron chi connectivity index (χ1n) is 18.8. The summed E-state index contributed by atoms with van der Waals surface area (Å²) >= 11 is 1.85. The summed E-state index contributed by atoms with van der Waals surface area (Å²) in [6.45, 7) is 0. The highest BCUT2D eigenvalue weighted by molar-refractivity contribution is 7.26. The van der Waals surface area contributed by atoms with Crippen molar-refractivity contribution in [2.75, 3.05) is 0 Å². The summed E-state index contributed by atoms with van der Waals surface area (Å²) in [7, 11) is 0. The second-order valence-corrected chi connectivity index (χ2v) is 15.4. The van der Waals surface area contributed by atoms with Gasteiger partial charge in [0.15, 0.2) is 17.5 Å². The van der Waals surface area contributed by atoms with Crippen molar-refractivity contribution in [2.45, 2.75) is 0 Å². The Morgan fingerprint density at radius 1 is 0.375 bits per heavy atom. The van der Waals surface area contributed by atoms with Crippen LogP contribution in [0.25, 0.3) is 120 Å². The van der Waals surface area contributed by atoms with E-state index in [1.54, 1.807) is 0 Å². The average molecular weight is 732 g/mol. The summed E-state index contributed by atoms with van der Waals surface area (Å²) in [5.74, 6) is 1.84. The van der Waals surface area contributed by atoms with Gasteiger partial charge in [-0.1, -0.05) is 146 Å². The number of para-hydroxylation sites is 1. The average Bonchev–Trinajstić information content (AvgIpc) is 3.84. The second kappa shape index (κ2) is 12.2. The Bertz CT molecular complexity index is 3550. The number of rotatable bonds is 4. The van der Waals surface area contributed by atoms with Crippen LogP contribution in [0.2, 0.25) is 0 Å². The first kappa shape index (κ1) is 31.2. The van der Waals surface area contributed by atoms with Crippen LogP contribution in [-0.2, 0) is 0 Å². The van der Waals surface area contributed by atoms with Gasteiger partial charge in [-0.3, -0.25) is 0 Å². The number of aromatic nitrogens is 3. The van der Waals surface area contributed by atoms with Crippen molar-refractivity contribution in [1.29, 1.82) is 0 Å². The smallest absolute Gasteiger partial charge is 0.165 e. The van der Waals surface area contributed by atoms with E-state index in [1.165, 1.54) is 36.3 Å². The van der Waals surface area contributed by atoms with E-state index in [9.17, 15) is 0 Å². The summed E-state index contributed by atoms with van der Waals surface area (Å²) < 4.78 is 9.07. The highest BCUT2D eigenvalue weighted by atomic mass is 32.1. The molecule has 0 spiro atoms. The Labute approximate surface area is 325 Å². The van der Waals surface area contributed by atoms with Gasteiger partial charge < -0.3 is 4.42 Å². The van der Waals surface area contributed by atoms with Gasteiger partial charge in [0.2, 0.25) is 0 Å². The lowest BCUT2D eigenvalue weighted by Crippen LogP contribution is -2.02. The largest absolute Gasteiger partial charge is 0.456 e. The molecule has 0 aliphatic rings. The molecule has 260 valence electrons. The van der Waals surface area contributed by atoms with E-state index in [-0.39, 0.29) is 0 Å². The lowest BCUT2D eigenvalue weighted by Gasteiger charge is -2.15. The molecule has 0 aliphatic heterocycles. The van der Waals surface area contributed by atoms with E-state index in [4.69, 9.17) is 19.4 Å². The van der Waals surface area contributed by atoms with Gasteiger partial charge in [-0.2, -0.15) is 0 Å². The molecule has 5 heteroatoms. The molecule has 4 nitrogen and oxygen atoms in total. The van der Waals surface area contributed by atoms with Crippen molar-refractivity contribution in [3.8, 4) is 45.3 Å². The van der Waals surface area contributed by atoms with Crippen LogP contribution in [-0.4, -0.2) is 15.0 Å². The van der Waals surface area contributed by atoms with E-state index in [2.05, 4.69) is 146 Å².